The average Bonchev–Trinajstić information content (AvgIpc) is 2.49. The molecule has 2 fully saturated rings. The number of hydrogen-bond donors (Lipinski definition) is 2. The van der Waals surface area contributed by atoms with Gasteiger partial charge in [0, 0.05) is 51.7 Å². The van der Waals surface area contributed by atoms with Crippen molar-refractivity contribution in [3.63, 3.8) is 0 Å². The van der Waals surface area contributed by atoms with Crippen LogP contribution in [0, 0.1) is 5.92 Å². The fourth-order valence-corrected chi connectivity index (χ4v) is 3.08. The zero-order valence-electron chi connectivity index (χ0n) is 13.3. The molecule has 5 nitrogen and oxygen atoms in total. The maximum absolute atomic E-state index is 12.8. The summed E-state index contributed by atoms with van der Waals surface area (Å²) in [5.74, 6) is 0.732. The first kappa shape index (κ1) is 15.5. The molecule has 22 heavy (non-hydrogen) atoms. The smallest absolute Gasteiger partial charge is 0.241 e. The Bertz CT molecular complexity index is 481. The number of nitrogens with one attached hydrogen (secondary N) is 2. The molecule has 1 atom stereocenters. The van der Waals surface area contributed by atoms with E-state index >= 15 is 0 Å². The number of nitrogens with zero attached hydrogens (tertiary/aromatic N) is 2. The molecule has 2 N–H and O–H groups in total. The monoisotopic (exact) mass is 302 g/mol. The van der Waals surface area contributed by atoms with Gasteiger partial charge in [-0.3, -0.25) is 9.69 Å². The normalized spacial score (nSPS) is 22.0. The average molecular weight is 302 g/mol. The number of piperazine rings is 1. The summed E-state index contributed by atoms with van der Waals surface area (Å²) in [5.41, 5.74) is 1.09. The van der Waals surface area contributed by atoms with Gasteiger partial charge >= 0.3 is 0 Å². The second kappa shape index (κ2) is 7.22. The van der Waals surface area contributed by atoms with Crippen molar-refractivity contribution in [3.8, 4) is 0 Å². The van der Waals surface area contributed by atoms with Crippen LogP contribution in [0.5, 0.6) is 0 Å². The summed E-state index contributed by atoms with van der Waals surface area (Å²) < 4.78 is 0. The molecule has 0 aromatic heterocycles. The summed E-state index contributed by atoms with van der Waals surface area (Å²) in [6.07, 6.45) is 0. The van der Waals surface area contributed by atoms with E-state index in [-0.39, 0.29) is 11.9 Å². The van der Waals surface area contributed by atoms with Gasteiger partial charge in [0.1, 0.15) is 6.04 Å². The maximum Gasteiger partial charge on any atom is 0.241 e. The van der Waals surface area contributed by atoms with Crippen molar-refractivity contribution < 1.29 is 4.79 Å². The van der Waals surface area contributed by atoms with Crippen molar-refractivity contribution >= 4 is 5.91 Å². The molecule has 5 heteroatoms. The topological polar surface area (TPSA) is 47.6 Å². The molecule has 0 saturated carbocycles. The van der Waals surface area contributed by atoms with E-state index in [2.05, 4.69) is 39.6 Å². The van der Waals surface area contributed by atoms with Crippen molar-refractivity contribution in [2.45, 2.75) is 6.04 Å². The lowest BCUT2D eigenvalue weighted by molar-refractivity contribution is -0.127. The molecule has 0 bridgehead atoms. The molecule has 1 amide bonds. The van der Waals surface area contributed by atoms with Gasteiger partial charge in [0.05, 0.1) is 0 Å². The minimum absolute atomic E-state index is 0.141. The molecule has 3 rings (SSSR count). The highest BCUT2D eigenvalue weighted by Gasteiger charge is 2.30. The van der Waals surface area contributed by atoms with Crippen molar-refractivity contribution in [1.82, 2.24) is 20.4 Å². The Labute approximate surface area is 132 Å². The van der Waals surface area contributed by atoms with E-state index in [0.29, 0.717) is 5.92 Å². The van der Waals surface area contributed by atoms with Gasteiger partial charge in [-0.05, 0) is 12.6 Å². The standard InChI is InChI=1S/C17H26N4O/c1-20-7-9-21(10-8-20)16(15-5-3-2-4-6-15)17(22)19-13-14-11-18-12-14/h2-6,14,16,18H,7-13H2,1H3,(H,19,22). The van der Waals surface area contributed by atoms with Crippen LogP contribution in [0.2, 0.25) is 0 Å². The van der Waals surface area contributed by atoms with E-state index < -0.39 is 0 Å². The van der Waals surface area contributed by atoms with Crippen LogP contribution < -0.4 is 10.6 Å². The van der Waals surface area contributed by atoms with Crippen LogP contribution >= 0.6 is 0 Å². The Kier molecular flexibility index (Phi) is 5.08. The number of carbonyl (C=O) groups is 1. The molecule has 0 radical (unpaired) electrons. The van der Waals surface area contributed by atoms with E-state index in [1.165, 1.54) is 0 Å². The lowest BCUT2D eigenvalue weighted by Crippen LogP contribution is -2.52. The second-order valence-corrected chi connectivity index (χ2v) is 6.42. The van der Waals surface area contributed by atoms with Crippen LogP contribution in [-0.4, -0.2) is 68.6 Å². The third-order valence-electron chi connectivity index (χ3n) is 4.70. The van der Waals surface area contributed by atoms with E-state index in [1.54, 1.807) is 0 Å². The van der Waals surface area contributed by atoms with Crippen molar-refractivity contribution in [2.24, 2.45) is 5.92 Å². The molecular formula is C17H26N4O. The zero-order chi connectivity index (χ0) is 15.4. The minimum atomic E-state index is -0.164. The molecule has 0 aliphatic carbocycles. The molecule has 1 aromatic rings. The van der Waals surface area contributed by atoms with Crippen LogP contribution in [-0.2, 0) is 4.79 Å². The Balaban J connectivity index is 1.69. The van der Waals surface area contributed by atoms with E-state index in [4.69, 9.17) is 0 Å². The quantitative estimate of drug-likeness (QED) is 0.822. The highest BCUT2D eigenvalue weighted by molar-refractivity contribution is 5.83. The van der Waals surface area contributed by atoms with Gasteiger partial charge in [0.2, 0.25) is 5.91 Å². The number of rotatable bonds is 5. The molecule has 120 valence electrons. The molecule has 2 saturated heterocycles. The number of benzene rings is 1. The third-order valence-corrected chi connectivity index (χ3v) is 4.70. The summed E-state index contributed by atoms with van der Waals surface area (Å²) in [6, 6.07) is 10.00. The van der Waals surface area contributed by atoms with Gasteiger partial charge in [-0.15, -0.1) is 0 Å². The zero-order valence-corrected chi connectivity index (χ0v) is 13.3. The summed E-state index contributed by atoms with van der Waals surface area (Å²) in [7, 11) is 2.14. The predicted octanol–water partition coefficient (Wildman–Crippen LogP) is 0.311. The lowest BCUT2D eigenvalue weighted by atomic mass is 10.0. The van der Waals surface area contributed by atoms with E-state index in [1.807, 2.05) is 18.2 Å². The van der Waals surface area contributed by atoms with Crippen LogP contribution in [0.3, 0.4) is 0 Å². The van der Waals surface area contributed by atoms with Gasteiger partial charge < -0.3 is 15.5 Å². The fourth-order valence-electron chi connectivity index (χ4n) is 3.08. The Hall–Kier alpha value is -1.43. The number of likely N-dealkylation sites (N-methyl/N-ethyl adjacent to an activating group) is 1. The van der Waals surface area contributed by atoms with Crippen LogP contribution in [0.15, 0.2) is 30.3 Å². The van der Waals surface area contributed by atoms with Gasteiger partial charge in [-0.2, -0.15) is 0 Å². The van der Waals surface area contributed by atoms with Gasteiger partial charge in [0.15, 0.2) is 0 Å². The number of hydrogen-bond acceptors (Lipinski definition) is 4. The Morgan fingerprint density at radius 1 is 1.23 bits per heavy atom. The molecule has 2 heterocycles. The molecule has 2 aliphatic rings. The second-order valence-electron chi connectivity index (χ2n) is 6.42. The summed E-state index contributed by atoms with van der Waals surface area (Å²) >= 11 is 0. The first-order valence-corrected chi connectivity index (χ1v) is 8.20. The summed E-state index contributed by atoms with van der Waals surface area (Å²) in [5, 5.41) is 6.40. The van der Waals surface area contributed by atoms with Crippen LogP contribution in [0.1, 0.15) is 11.6 Å². The molecule has 1 aromatic carbocycles. The molecule has 0 spiro atoms. The van der Waals surface area contributed by atoms with Gasteiger partial charge in [-0.25, -0.2) is 0 Å². The summed E-state index contributed by atoms with van der Waals surface area (Å²) in [6.45, 7) is 6.73. The predicted molar refractivity (Wildman–Crippen MR) is 87.6 cm³/mol. The van der Waals surface area contributed by atoms with Crippen molar-refractivity contribution in [2.75, 3.05) is 52.9 Å². The van der Waals surface area contributed by atoms with E-state index in [0.717, 1.165) is 51.4 Å². The number of amides is 1. The fraction of sp³-hybridized carbons (Fsp3) is 0.588. The number of carbonyl (C=O) groups excluding carboxylic acids is 1. The Morgan fingerprint density at radius 3 is 2.50 bits per heavy atom. The Morgan fingerprint density at radius 2 is 1.91 bits per heavy atom. The largest absolute Gasteiger partial charge is 0.354 e. The minimum Gasteiger partial charge on any atom is -0.354 e. The first-order valence-electron chi connectivity index (χ1n) is 8.20. The highest BCUT2D eigenvalue weighted by atomic mass is 16.2. The first-order chi connectivity index (χ1) is 10.7. The molecular weight excluding hydrogens is 276 g/mol. The van der Waals surface area contributed by atoms with Gasteiger partial charge in [0.25, 0.3) is 0 Å². The SMILES string of the molecule is CN1CCN(C(C(=O)NCC2CNC2)c2ccccc2)CC1. The lowest BCUT2D eigenvalue weighted by Gasteiger charge is -2.38. The van der Waals surface area contributed by atoms with Gasteiger partial charge in [-0.1, -0.05) is 30.3 Å². The van der Waals surface area contributed by atoms with Crippen LogP contribution in [0.25, 0.3) is 0 Å². The van der Waals surface area contributed by atoms with E-state index in [9.17, 15) is 4.79 Å². The third kappa shape index (κ3) is 3.66. The van der Waals surface area contributed by atoms with Crippen molar-refractivity contribution in [3.05, 3.63) is 35.9 Å². The maximum atomic E-state index is 12.8. The molecule has 1 unspecified atom stereocenters. The molecule has 2 aliphatic heterocycles. The van der Waals surface area contributed by atoms with Crippen LogP contribution in [0.4, 0.5) is 0 Å². The summed E-state index contributed by atoms with van der Waals surface area (Å²) in [4.78, 5) is 17.4. The highest BCUT2D eigenvalue weighted by Crippen LogP contribution is 2.22. The van der Waals surface area contributed by atoms with Crippen molar-refractivity contribution in [1.29, 1.82) is 0 Å².